The predicted octanol–water partition coefficient (Wildman–Crippen LogP) is 4.67. The van der Waals surface area contributed by atoms with Crippen LogP contribution in [-0.2, 0) is 62.6 Å². The third-order valence-corrected chi connectivity index (χ3v) is 8.85. The molecule has 16 heteroatoms. The summed E-state index contributed by atoms with van der Waals surface area (Å²) < 4.78 is 7.56. The van der Waals surface area contributed by atoms with E-state index < -0.39 is 12.2 Å². The van der Waals surface area contributed by atoms with E-state index in [4.69, 9.17) is 16.5 Å². The number of piperidine rings is 1. The molecule has 45 heavy (non-hydrogen) atoms. The number of methoxy groups -OCH3 is 2. The molecule has 4 N–H and O–H groups in total. The maximum absolute atomic E-state index is 11.6. The van der Waals surface area contributed by atoms with Gasteiger partial charge in [-0.25, -0.2) is 9.97 Å². The maximum Gasteiger partial charge on any atom is 2.00 e. The van der Waals surface area contributed by atoms with Crippen molar-refractivity contribution in [1.29, 1.82) is 0 Å². The molecular weight excluding hydrogens is 658 g/mol. The summed E-state index contributed by atoms with van der Waals surface area (Å²) >= 11 is 0. The first-order chi connectivity index (χ1) is 20.7. The Balaban J connectivity index is 0.000000405. The van der Waals surface area contributed by atoms with Gasteiger partial charge in [0.25, 0.3) is 0 Å². The van der Waals surface area contributed by atoms with Crippen molar-refractivity contribution in [3.63, 3.8) is 0 Å². The summed E-state index contributed by atoms with van der Waals surface area (Å²) in [5.74, 6) is 2.22. The van der Waals surface area contributed by atoms with Crippen molar-refractivity contribution in [2.45, 2.75) is 63.1 Å². The molecule has 4 aliphatic rings. The number of amides is 4. The average Bonchev–Trinajstić information content (AvgIpc) is 3.57. The zero-order chi connectivity index (χ0) is 30.7. The average molecular weight is 693 g/mol. The SMILES string of the molecule is COC([NH-])=O.COC([NH-])=O.O=[C-]N1CC2(CC2)C[C@H]1c1ncc(Cc2ccc3nc([C@@H]4C5CCC(C5)N4[C-]=O)[nH]c3c2)[nH]1.[V+2].[V+2]. The smallest absolute Gasteiger partial charge is 0.632 e. The number of carbonyl (C=O) groups is 2. The Labute approximate surface area is 284 Å². The number of aromatic amines is 2. The molecule has 2 bridgehead atoms. The monoisotopic (exact) mass is 692 g/mol. The zero-order valence-corrected chi connectivity index (χ0v) is 27.7. The van der Waals surface area contributed by atoms with E-state index in [1.54, 1.807) is 4.90 Å². The molecule has 7 rings (SSSR count). The van der Waals surface area contributed by atoms with Crippen molar-refractivity contribution in [2.75, 3.05) is 20.8 Å². The number of nitrogens with one attached hydrogen (secondary N) is 4. The van der Waals surface area contributed by atoms with Gasteiger partial charge in [-0.15, -0.1) is 0 Å². The van der Waals surface area contributed by atoms with Crippen LogP contribution in [0.2, 0.25) is 0 Å². The van der Waals surface area contributed by atoms with Gasteiger partial charge in [0.05, 0.1) is 37.3 Å². The minimum atomic E-state index is -0.995. The number of ether oxygens (including phenoxy) is 2. The van der Waals surface area contributed by atoms with Crippen molar-refractivity contribution in [3.8, 4) is 0 Å². The Morgan fingerprint density at radius 3 is 2.33 bits per heavy atom. The minimum absolute atomic E-state index is 0. The molecule has 2 aromatic heterocycles. The summed E-state index contributed by atoms with van der Waals surface area (Å²) in [5, 5.41) is 0. The third kappa shape index (κ3) is 8.04. The molecule has 2 radical (unpaired) electrons. The largest absolute Gasteiger partial charge is 2.00 e. The van der Waals surface area contributed by atoms with Crippen molar-refractivity contribution in [1.82, 2.24) is 29.7 Å². The second kappa shape index (κ2) is 15.2. The molecule has 2 saturated carbocycles. The molecule has 4 fully saturated rings. The van der Waals surface area contributed by atoms with Crippen molar-refractivity contribution in [3.05, 3.63) is 58.8 Å². The van der Waals surface area contributed by atoms with Gasteiger partial charge in [0.2, 0.25) is 12.2 Å². The number of H-pyrrole nitrogens is 2. The molecular formula is C29H34N8O6V2. The van der Waals surface area contributed by atoms with E-state index in [9.17, 15) is 19.2 Å². The Bertz CT molecular complexity index is 1480. The molecule has 14 nitrogen and oxygen atoms in total. The number of benzene rings is 1. The van der Waals surface area contributed by atoms with E-state index in [-0.39, 0.29) is 49.2 Å². The van der Waals surface area contributed by atoms with E-state index in [1.165, 1.54) is 12.8 Å². The molecule has 2 unspecified atom stereocenters. The van der Waals surface area contributed by atoms with Crippen LogP contribution in [0.5, 0.6) is 0 Å². The molecule has 1 aromatic carbocycles. The van der Waals surface area contributed by atoms with E-state index in [0.29, 0.717) is 17.4 Å². The summed E-state index contributed by atoms with van der Waals surface area (Å²) in [6.45, 7) is 0.803. The van der Waals surface area contributed by atoms with Crippen molar-refractivity contribution < 1.29 is 65.8 Å². The number of hydrogen-bond donors (Lipinski definition) is 2. The summed E-state index contributed by atoms with van der Waals surface area (Å²) in [4.78, 5) is 61.5. The van der Waals surface area contributed by atoms with Gasteiger partial charge in [0.1, 0.15) is 11.6 Å². The number of nitrogens with zero attached hydrogens (tertiary/aromatic N) is 4. The fourth-order valence-corrected chi connectivity index (χ4v) is 6.59. The van der Waals surface area contributed by atoms with E-state index in [1.807, 2.05) is 17.2 Å². The van der Waals surface area contributed by atoms with E-state index in [2.05, 4.69) is 49.4 Å². The second-order valence-electron chi connectivity index (χ2n) is 11.5. The molecule has 1 spiro atoms. The molecule has 2 aliphatic heterocycles. The quantitative estimate of drug-likeness (QED) is 0.347. The standard InChI is InChI=1S/C25H26N6O2.2C2H5NO2.2V/c32-13-30-12-25(5-6-25)10-21(30)23-26-11-17(27-23)7-15-1-4-19-20(8-15)29-24(28-19)22-16-2-3-18(9-16)31(22)14-33;2*1-5-2(3)4;;/h1,4,8,11,16,18,21-22H,2-3,5-7,9-10,12H2,(H,26,27)(H,28,29);2*1H3,(H2,3,4);;/q-2;;;2*+2/p-2/t16?,18?,21-,22-;;;;/m0..../s1. The molecule has 4 amide bonds. The first kappa shape index (κ1) is 36.0. The molecule has 4 atom stereocenters. The summed E-state index contributed by atoms with van der Waals surface area (Å²) in [6.07, 6.45) is 11.6. The van der Waals surface area contributed by atoms with Crippen molar-refractivity contribution in [2.24, 2.45) is 11.3 Å². The number of hydrogen-bond acceptors (Lipinski definition) is 8. The fraction of sp³-hybridized carbons (Fsp3) is 0.517. The van der Waals surface area contributed by atoms with Gasteiger partial charge in [-0.2, -0.15) is 12.8 Å². The Morgan fingerprint density at radius 2 is 1.73 bits per heavy atom. The summed E-state index contributed by atoms with van der Waals surface area (Å²) in [5.41, 5.74) is 16.3. The van der Waals surface area contributed by atoms with Gasteiger partial charge in [-0.05, 0) is 74.1 Å². The van der Waals surface area contributed by atoms with Crippen LogP contribution >= 0.6 is 0 Å². The topological polar surface area (TPSA) is 198 Å². The summed E-state index contributed by atoms with van der Waals surface area (Å²) in [6, 6.07) is 6.62. The van der Waals surface area contributed by atoms with Crippen LogP contribution < -0.4 is 0 Å². The van der Waals surface area contributed by atoms with Gasteiger partial charge in [0.15, 0.2) is 0 Å². The zero-order valence-electron chi connectivity index (χ0n) is 24.9. The van der Waals surface area contributed by atoms with E-state index in [0.717, 1.165) is 86.8 Å². The van der Waals surface area contributed by atoms with Crippen molar-refractivity contribution >= 4 is 36.0 Å². The first-order valence-corrected chi connectivity index (χ1v) is 14.1. The van der Waals surface area contributed by atoms with Gasteiger partial charge >= 0.3 is 37.1 Å². The molecule has 2 aliphatic carbocycles. The first-order valence-electron chi connectivity index (χ1n) is 14.1. The van der Waals surface area contributed by atoms with Crippen LogP contribution in [0.1, 0.15) is 73.5 Å². The van der Waals surface area contributed by atoms with Crippen LogP contribution in [0.3, 0.4) is 0 Å². The second-order valence-corrected chi connectivity index (χ2v) is 11.5. The van der Waals surface area contributed by atoms with Crippen LogP contribution in [0, 0.1) is 11.3 Å². The maximum atomic E-state index is 11.6. The Kier molecular flexibility index (Phi) is 12.2. The van der Waals surface area contributed by atoms with Gasteiger partial charge in [-0.3, -0.25) is 9.59 Å². The molecule has 236 valence electrons. The van der Waals surface area contributed by atoms with Gasteiger partial charge in [0, 0.05) is 24.4 Å². The fourth-order valence-electron chi connectivity index (χ4n) is 6.59. The third-order valence-electron chi connectivity index (χ3n) is 8.85. The number of imidazole rings is 2. The Hall–Kier alpha value is -3.45. The Morgan fingerprint density at radius 1 is 1.04 bits per heavy atom. The number of aromatic nitrogens is 4. The molecule has 4 heterocycles. The summed E-state index contributed by atoms with van der Waals surface area (Å²) in [7, 11) is 2.32. The van der Waals surface area contributed by atoms with E-state index >= 15 is 0 Å². The minimum Gasteiger partial charge on any atom is -0.632 e. The van der Waals surface area contributed by atoms with Crippen LogP contribution in [0.15, 0.2) is 24.4 Å². The number of likely N-dealkylation sites (tertiary alicyclic amines) is 2. The molecule has 2 saturated heterocycles. The predicted molar refractivity (Wildman–Crippen MR) is 154 cm³/mol. The number of fused-ring (bicyclic) bond motifs is 3. The van der Waals surface area contributed by atoms with Crippen LogP contribution in [0.4, 0.5) is 9.59 Å². The van der Waals surface area contributed by atoms with Gasteiger partial charge in [-0.1, -0.05) is 6.07 Å². The molecule has 3 aromatic rings. The van der Waals surface area contributed by atoms with Crippen LogP contribution in [0.25, 0.3) is 22.5 Å². The van der Waals surface area contributed by atoms with Crippen LogP contribution in [-0.4, -0.2) is 81.5 Å². The van der Waals surface area contributed by atoms with Gasteiger partial charge < -0.3 is 50.3 Å². The number of carbonyl (C=O) groups excluding carboxylic acids is 4. The normalized spacial score (nSPS) is 23.1. The number of rotatable bonds is 6.